The highest BCUT2D eigenvalue weighted by Crippen LogP contribution is 2.29. The summed E-state index contributed by atoms with van der Waals surface area (Å²) in [6, 6.07) is 16.6. The molecule has 9 heteroatoms. The minimum Gasteiger partial charge on any atom is -0.483 e. The highest BCUT2D eigenvalue weighted by molar-refractivity contribution is 5.83. The summed E-state index contributed by atoms with van der Waals surface area (Å²) < 4.78 is 45.5. The fourth-order valence-corrected chi connectivity index (χ4v) is 2.18. The fraction of sp³-hybridized carbons (Fsp3) is 0.263. The van der Waals surface area contributed by atoms with Crippen LogP contribution in [0.3, 0.4) is 0 Å². The summed E-state index contributed by atoms with van der Waals surface area (Å²) >= 11 is 0. The monoisotopic (exact) mass is 396 g/mol. The topological polar surface area (TPSA) is 76.7 Å². The van der Waals surface area contributed by atoms with E-state index in [1.54, 1.807) is 12.1 Å². The Bertz CT molecular complexity index is 782. The number of amides is 2. The smallest absolute Gasteiger partial charge is 0.411 e. The van der Waals surface area contributed by atoms with Crippen LogP contribution in [0, 0.1) is 0 Å². The normalized spacial score (nSPS) is 11.0. The maximum Gasteiger partial charge on any atom is 0.411 e. The molecule has 0 aromatic heterocycles. The molecule has 0 aliphatic rings. The van der Waals surface area contributed by atoms with Gasteiger partial charge in [-0.2, -0.15) is 13.2 Å². The van der Waals surface area contributed by atoms with Crippen molar-refractivity contribution in [2.24, 2.45) is 0 Å². The van der Waals surface area contributed by atoms with Gasteiger partial charge in [0.2, 0.25) is 5.91 Å². The standard InChI is InChI=1S/C19H19F3N2O4/c20-19(21,22)13-27-11-10-17(25)23-24-18(26)12-28-16-9-5-4-8-15(16)14-6-2-1-3-7-14/h1-9H,10-13H2,(H,23,25)(H,24,26). The number of halogens is 3. The lowest BCUT2D eigenvalue weighted by molar-refractivity contribution is -0.174. The highest BCUT2D eigenvalue weighted by Gasteiger charge is 2.27. The molecule has 2 aromatic carbocycles. The molecule has 0 unspecified atom stereocenters. The minimum absolute atomic E-state index is 0.325. The highest BCUT2D eigenvalue weighted by atomic mass is 19.4. The maximum atomic E-state index is 11.9. The number of ether oxygens (including phenoxy) is 2. The van der Waals surface area contributed by atoms with Crippen LogP contribution >= 0.6 is 0 Å². The van der Waals surface area contributed by atoms with Crippen molar-refractivity contribution in [1.29, 1.82) is 0 Å². The number of para-hydroxylation sites is 1. The molecule has 0 heterocycles. The van der Waals surface area contributed by atoms with Crippen molar-refractivity contribution >= 4 is 11.8 Å². The molecule has 0 bridgehead atoms. The van der Waals surface area contributed by atoms with Crippen LogP contribution in [0.25, 0.3) is 11.1 Å². The second-order valence-electron chi connectivity index (χ2n) is 5.66. The molecule has 28 heavy (non-hydrogen) atoms. The van der Waals surface area contributed by atoms with E-state index in [-0.39, 0.29) is 13.0 Å². The first-order valence-electron chi connectivity index (χ1n) is 8.34. The van der Waals surface area contributed by atoms with Gasteiger partial charge in [0.05, 0.1) is 13.0 Å². The lowest BCUT2D eigenvalue weighted by atomic mass is 10.1. The molecule has 0 spiro atoms. The van der Waals surface area contributed by atoms with Crippen molar-refractivity contribution in [3.63, 3.8) is 0 Å². The number of rotatable bonds is 8. The number of hydrogen-bond acceptors (Lipinski definition) is 4. The number of benzene rings is 2. The van der Waals surface area contributed by atoms with Crippen molar-refractivity contribution in [2.45, 2.75) is 12.6 Å². The summed E-state index contributed by atoms with van der Waals surface area (Å²) in [5, 5.41) is 0. The predicted molar refractivity (Wildman–Crippen MR) is 95.1 cm³/mol. The Hall–Kier alpha value is -3.07. The molecule has 2 N–H and O–H groups in total. The average Bonchev–Trinajstić information content (AvgIpc) is 2.68. The van der Waals surface area contributed by atoms with E-state index in [0.29, 0.717) is 5.75 Å². The first-order valence-corrected chi connectivity index (χ1v) is 8.34. The molecule has 2 rings (SSSR count). The van der Waals surface area contributed by atoms with Gasteiger partial charge in [-0.15, -0.1) is 0 Å². The fourth-order valence-electron chi connectivity index (χ4n) is 2.18. The van der Waals surface area contributed by atoms with E-state index >= 15 is 0 Å². The van der Waals surface area contributed by atoms with Gasteiger partial charge >= 0.3 is 6.18 Å². The van der Waals surface area contributed by atoms with Crippen LogP contribution < -0.4 is 15.6 Å². The number of carbonyl (C=O) groups is 2. The molecular formula is C19H19F3N2O4. The molecule has 150 valence electrons. The summed E-state index contributed by atoms with van der Waals surface area (Å²) in [7, 11) is 0. The zero-order chi connectivity index (χ0) is 20.4. The van der Waals surface area contributed by atoms with E-state index in [1.807, 2.05) is 42.5 Å². The summed E-state index contributed by atoms with van der Waals surface area (Å²) in [6.07, 6.45) is -4.77. The molecule has 0 atom stereocenters. The first kappa shape index (κ1) is 21.2. The molecule has 0 radical (unpaired) electrons. The van der Waals surface area contributed by atoms with Gasteiger partial charge in [-0.25, -0.2) is 0 Å². The minimum atomic E-state index is -4.45. The number of hydrazine groups is 1. The second-order valence-corrected chi connectivity index (χ2v) is 5.66. The van der Waals surface area contributed by atoms with Crippen molar-refractivity contribution in [3.05, 3.63) is 54.6 Å². The largest absolute Gasteiger partial charge is 0.483 e. The van der Waals surface area contributed by atoms with Crippen molar-refractivity contribution in [1.82, 2.24) is 10.9 Å². The van der Waals surface area contributed by atoms with E-state index in [1.165, 1.54) is 0 Å². The van der Waals surface area contributed by atoms with Crippen molar-refractivity contribution < 1.29 is 32.2 Å². The van der Waals surface area contributed by atoms with Gasteiger partial charge in [0.25, 0.3) is 5.91 Å². The zero-order valence-electron chi connectivity index (χ0n) is 14.8. The molecule has 0 saturated carbocycles. The van der Waals surface area contributed by atoms with Crippen LogP contribution in [0.2, 0.25) is 0 Å². The van der Waals surface area contributed by atoms with Gasteiger partial charge in [0.15, 0.2) is 6.61 Å². The molecule has 0 aliphatic carbocycles. The number of hydrogen-bond donors (Lipinski definition) is 2. The van der Waals surface area contributed by atoms with E-state index in [4.69, 9.17) is 4.74 Å². The van der Waals surface area contributed by atoms with Crippen LogP contribution in [0.1, 0.15) is 6.42 Å². The van der Waals surface area contributed by atoms with Crippen LogP contribution in [0.15, 0.2) is 54.6 Å². The van der Waals surface area contributed by atoms with E-state index < -0.39 is 31.2 Å². The predicted octanol–water partition coefficient (Wildman–Crippen LogP) is 2.85. The Balaban J connectivity index is 1.74. The van der Waals surface area contributed by atoms with Gasteiger partial charge in [-0.1, -0.05) is 48.5 Å². The Morgan fingerprint density at radius 3 is 2.25 bits per heavy atom. The van der Waals surface area contributed by atoms with Gasteiger partial charge < -0.3 is 9.47 Å². The third kappa shape index (κ3) is 7.67. The summed E-state index contributed by atoms with van der Waals surface area (Å²) in [5.74, 6) is -0.802. The van der Waals surface area contributed by atoms with Crippen molar-refractivity contribution in [2.75, 3.05) is 19.8 Å². The molecule has 0 aliphatic heterocycles. The molecular weight excluding hydrogens is 377 g/mol. The molecule has 0 fully saturated rings. The Kier molecular flexibility index (Phi) is 7.82. The number of alkyl halides is 3. The summed E-state index contributed by atoms with van der Waals surface area (Å²) in [6.45, 7) is -2.20. The Morgan fingerprint density at radius 2 is 1.54 bits per heavy atom. The average molecular weight is 396 g/mol. The van der Waals surface area contributed by atoms with Crippen molar-refractivity contribution in [3.8, 4) is 16.9 Å². The van der Waals surface area contributed by atoms with Crippen LogP contribution in [0.5, 0.6) is 5.75 Å². The van der Waals surface area contributed by atoms with Gasteiger partial charge in [-0.05, 0) is 11.6 Å². The van der Waals surface area contributed by atoms with E-state index in [0.717, 1.165) is 11.1 Å². The number of carbonyl (C=O) groups excluding carboxylic acids is 2. The number of nitrogens with one attached hydrogen (secondary N) is 2. The lowest BCUT2D eigenvalue weighted by Gasteiger charge is -2.12. The maximum absolute atomic E-state index is 11.9. The van der Waals surface area contributed by atoms with Gasteiger partial charge in [0, 0.05) is 5.56 Å². The summed E-state index contributed by atoms with van der Waals surface area (Å²) in [4.78, 5) is 23.3. The van der Waals surface area contributed by atoms with Crippen LogP contribution in [0.4, 0.5) is 13.2 Å². The molecule has 0 saturated heterocycles. The zero-order valence-corrected chi connectivity index (χ0v) is 14.8. The third-order valence-electron chi connectivity index (χ3n) is 3.41. The third-order valence-corrected chi connectivity index (χ3v) is 3.41. The summed E-state index contributed by atoms with van der Waals surface area (Å²) in [5.41, 5.74) is 5.94. The molecule has 2 amide bonds. The lowest BCUT2D eigenvalue weighted by Crippen LogP contribution is -2.44. The first-order chi connectivity index (χ1) is 13.3. The van der Waals surface area contributed by atoms with Gasteiger partial charge in [-0.3, -0.25) is 20.4 Å². The molecule has 2 aromatic rings. The quantitative estimate of drug-likeness (QED) is 0.532. The van der Waals surface area contributed by atoms with Gasteiger partial charge in [0.1, 0.15) is 12.4 Å². The SMILES string of the molecule is O=C(CCOCC(F)(F)F)NNC(=O)COc1ccccc1-c1ccccc1. The second kappa shape index (κ2) is 10.3. The van der Waals surface area contributed by atoms with Crippen LogP contribution in [-0.4, -0.2) is 37.8 Å². The van der Waals surface area contributed by atoms with Crippen LogP contribution in [-0.2, 0) is 14.3 Å². The van der Waals surface area contributed by atoms with E-state index in [2.05, 4.69) is 15.6 Å². The molecule has 6 nitrogen and oxygen atoms in total. The Labute approximate surface area is 159 Å². The Morgan fingerprint density at radius 1 is 0.893 bits per heavy atom. The van der Waals surface area contributed by atoms with E-state index in [9.17, 15) is 22.8 Å².